The van der Waals surface area contributed by atoms with E-state index in [1.807, 2.05) is 6.92 Å². The van der Waals surface area contributed by atoms with E-state index in [2.05, 4.69) is 78.9 Å². The van der Waals surface area contributed by atoms with Gasteiger partial charge in [0, 0.05) is 0 Å². The van der Waals surface area contributed by atoms with Gasteiger partial charge >= 0.3 is 0 Å². The van der Waals surface area contributed by atoms with Crippen molar-refractivity contribution in [1.29, 1.82) is 0 Å². The molecule has 4 aromatic carbocycles. The lowest BCUT2D eigenvalue weighted by atomic mass is 9.88. The minimum atomic E-state index is 0.953. The summed E-state index contributed by atoms with van der Waals surface area (Å²) in [4.78, 5) is 1.07. The molecule has 0 atom stereocenters. The third-order valence-corrected chi connectivity index (χ3v) is 5.01. The van der Waals surface area contributed by atoms with Gasteiger partial charge in [-0.15, -0.1) is 0 Å². The van der Waals surface area contributed by atoms with Gasteiger partial charge < -0.3 is 0 Å². The topological polar surface area (TPSA) is 0 Å². The molecule has 0 spiro atoms. The monoisotopic (exact) mass is 340 g/mol. The summed E-state index contributed by atoms with van der Waals surface area (Å²) in [6, 6.07) is 28.4. The van der Waals surface area contributed by atoms with E-state index in [1.165, 1.54) is 38.2 Å². The summed E-state index contributed by atoms with van der Waals surface area (Å²) < 4.78 is 0. The van der Waals surface area contributed by atoms with E-state index < -0.39 is 0 Å². The van der Waals surface area contributed by atoms with Gasteiger partial charge in [-0.25, -0.2) is 0 Å². The number of hydrogen-bond acceptors (Lipinski definition) is 1. The van der Waals surface area contributed by atoms with Crippen LogP contribution in [0.1, 0.15) is 18.9 Å². The quantitative estimate of drug-likeness (QED) is 0.285. The van der Waals surface area contributed by atoms with Crippen molar-refractivity contribution in [3.8, 4) is 11.1 Å². The molecule has 0 N–H and O–H groups in total. The highest BCUT2D eigenvalue weighted by molar-refractivity contribution is 7.80. The maximum Gasteiger partial charge on any atom is -0.00240 e. The third kappa shape index (κ3) is 3.08. The molecule has 4 rings (SSSR count). The standard InChI is InChI=1S/C24H20S/c1-17(25)14-15-18-8-2-5-11-21(18)24-22-12-6-3-9-19(22)16-20-10-4-7-13-23(20)24/h2-13,16H,14-15H2,1H3. The lowest BCUT2D eigenvalue weighted by molar-refractivity contribution is 1.05. The summed E-state index contributed by atoms with van der Waals surface area (Å²) in [7, 11) is 0. The van der Waals surface area contributed by atoms with Crippen molar-refractivity contribution in [3.63, 3.8) is 0 Å². The highest BCUT2D eigenvalue weighted by Crippen LogP contribution is 2.38. The van der Waals surface area contributed by atoms with E-state index >= 15 is 0 Å². The second-order valence-corrected chi connectivity index (χ2v) is 7.25. The summed E-state index contributed by atoms with van der Waals surface area (Å²) in [5.74, 6) is 0. The maximum absolute atomic E-state index is 5.31. The molecular formula is C24H20S. The van der Waals surface area contributed by atoms with Crippen molar-refractivity contribution in [1.82, 2.24) is 0 Å². The fourth-order valence-electron chi connectivity index (χ4n) is 3.60. The summed E-state index contributed by atoms with van der Waals surface area (Å²) in [5, 5.41) is 5.20. The Morgan fingerprint density at radius 3 is 1.96 bits per heavy atom. The molecule has 0 aromatic heterocycles. The van der Waals surface area contributed by atoms with Crippen LogP contribution in [0.4, 0.5) is 0 Å². The molecule has 0 saturated heterocycles. The van der Waals surface area contributed by atoms with Crippen molar-refractivity contribution in [2.24, 2.45) is 0 Å². The molecule has 4 aromatic rings. The van der Waals surface area contributed by atoms with Crippen molar-refractivity contribution in [3.05, 3.63) is 84.4 Å². The molecule has 122 valence electrons. The lowest BCUT2D eigenvalue weighted by Gasteiger charge is -2.15. The van der Waals surface area contributed by atoms with Crippen molar-refractivity contribution < 1.29 is 0 Å². The van der Waals surface area contributed by atoms with E-state index in [1.54, 1.807) is 0 Å². The number of thiocarbonyl (C=S) groups is 1. The molecule has 0 amide bonds. The Hall–Kier alpha value is -2.51. The van der Waals surface area contributed by atoms with Gasteiger partial charge in [0.2, 0.25) is 0 Å². The van der Waals surface area contributed by atoms with E-state index in [0.29, 0.717) is 0 Å². The van der Waals surface area contributed by atoms with Crippen LogP contribution in [0.2, 0.25) is 0 Å². The molecule has 1 heteroatoms. The summed E-state index contributed by atoms with van der Waals surface area (Å²) in [6.07, 6.45) is 1.94. The summed E-state index contributed by atoms with van der Waals surface area (Å²) in [5.41, 5.74) is 4.03. The van der Waals surface area contributed by atoms with Gasteiger partial charge in [0.15, 0.2) is 0 Å². The molecule has 0 heterocycles. The van der Waals surface area contributed by atoms with E-state index in [-0.39, 0.29) is 0 Å². The van der Waals surface area contributed by atoms with Crippen molar-refractivity contribution in [2.75, 3.05) is 0 Å². The van der Waals surface area contributed by atoms with E-state index in [0.717, 1.165) is 17.7 Å². The second-order valence-electron chi connectivity index (χ2n) is 6.55. The van der Waals surface area contributed by atoms with Crippen LogP contribution in [0.3, 0.4) is 0 Å². The summed E-state index contributed by atoms with van der Waals surface area (Å²) in [6.45, 7) is 2.03. The van der Waals surface area contributed by atoms with Gasteiger partial charge in [-0.05, 0) is 68.9 Å². The third-order valence-electron chi connectivity index (χ3n) is 4.80. The van der Waals surface area contributed by atoms with Gasteiger partial charge in [-0.1, -0.05) is 85.0 Å². The molecule has 25 heavy (non-hydrogen) atoms. The lowest BCUT2D eigenvalue weighted by Crippen LogP contribution is -1.96. The minimum Gasteiger partial charge on any atom is -0.0900 e. The first-order valence-electron chi connectivity index (χ1n) is 8.72. The molecule has 0 fully saturated rings. The van der Waals surface area contributed by atoms with Crippen molar-refractivity contribution >= 4 is 38.6 Å². The van der Waals surface area contributed by atoms with Gasteiger partial charge in [-0.3, -0.25) is 0 Å². The SMILES string of the molecule is CC(=S)CCc1ccccc1-c1c2ccccc2cc2ccccc12. The predicted molar refractivity (Wildman–Crippen MR) is 113 cm³/mol. The highest BCUT2D eigenvalue weighted by atomic mass is 32.1. The first-order valence-corrected chi connectivity index (χ1v) is 9.13. The Balaban J connectivity index is 2.04. The van der Waals surface area contributed by atoms with E-state index in [4.69, 9.17) is 12.2 Å². The van der Waals surface area contributed by atoms with Gasteiger partial charge in [-0.2, -0.15) is 0 Å². The Morgan fingerprint density at radius 2 is 1.32 bits per heavy atom. The van der Waals surface area contributed by atoms with E-state index in [9.17, 15) is 0 Å². The Kier molecular flexibility index (Phi) is 4.33. The van der Waals surface area contributed by atoms with Gasteiger partial charge in [0.1, 0.15) is 0 Å². The maximum atomic E-state index is 5.31. The zero-order valence-corrected chi connectivity index (χ0v) is 15.1. The van der Waals surface area contributed by atoms with Crippen LogP contribution >= 0.6 is 12.2 Å². The van der Waals surface area contributed by atoms with Gasteiger partial charge in [0.05, 0.1) is 0 Å². The number of rotatable bonds is 4. The Bertz CT molecular complexity index is 1020. The molecule has 0 nitrogen and oxygen atoms in total. The number of fused-ring (bicyclic) bond motifs is 2. The van der Waals surface area contributed by atoms with Gasteiger partial charge in [0.25, 0.3) is 0 Å². The Labute approximate surface area is 154 Å². The second kappa shape index (κ2) is 6.78. The molecular weight excluding hydrogens is 320 g/mol. The molecule has 0 bridgehead atoms. The average molecular weight is 340 g/mol. The average Bonchev–Trinajstić information content (AvgIpc) is 2.64. The number of hydrogen-bond donors (Lipinski definition) is 0. The number of aryl methyl sites for hydroxylation is 1. The Morgan fingerprint density at radius 1 is 0.760 bits per heavy atom. The van der Waals surface area contributed by atoms with Crippen LogP contribution in [0.25, 0.3) is 32.7 Å². The molecule has 0 saturated carbocycles. The largest absolute Gasteiger partial charge is 0.0900 e. The fraction of sp³-hybridized carbons (Fsp3) is 0.125. The zero-order chi connectivity index (χ0) is 17.2. The first kappa shape index (κ1) is 16.0. The smallest absolute Gasteiger partial charge is 0.00240 e. The van der Waals surface area contributed by atoms with Crippen LogP contribution in [0, 0.1) is 0 Å². The zero-order valence-electron chi connectivity index (χ0n) is 14.3. The fourth-order valence-corrected chi connectivity index (χ4v) is 3.70. The van der Waals surface area contributed by atoms with Crippen LogP contribution in [0.15, 0.2) is 78.9 Å². The van der Waals surface area contributed by atoms with Crippen molar-refractivity contribution in [2.45, 2.75) is 19.8 Å². The molecule has 0 aliphatic rings. The van der Waals surface area contributed by atoms with Crippen LogP contribution < -0.4 is 0 Å². The molecule has 0 aliphatic carbocycles. The summed E-state index contributed by atoms with van der Waals surface area (Å²) >= 11 is 5.31. The molecule has 0 radical (unpaired) electrons. The number of benzene rings is 4. The highest BCUT2D eigenvalue weighted by Gasteiger charge is 2.12. The first-order chi connectivity index (χ1) is 12.2. The minimum absolute atomic E-state index is 0.953. The van der Waals surface area contributed by atoms with Crippen LogP contribution in [-0.2, 0) is 6.42 Å². The van der Waals surface area contributed by atoms with Crippen LogP contribution in [-0.4, -0.2) is 4.86 Å². The molecule has 0 aliphatic heterocycles. The predicted octanol–water partition coefficient (Wildman–Crippen LogP) is 6.98. The molecule has 0 unspecified atom stereocenters. The normalized spacial score (nSPS) is 11.1. The van der Waals surface area contributed by atoms with Crippen LogP contribution in [0.5, 0.6) is 0 Å².